The summed E-state index contributed by atoms with van der Waals surface area (Å²) in [4.78, 5) is 14.0. The van der Waals surface area contributed by atoms with Gasteiger partial charge in [0.05, 0.1) is 11.9 Å². The number of rotatable bonds is 6. The van der Waals surface area contributed by atoms with Crippen molar-refractivity contribution in [3.05, 3.63) is 60.2 Å². The number of benzene rings is 2. The summed E-state index contributed by atoms with van der Waals surface area (Å²) in [5.41, 5.74) is 0.226. The third-order valence-corrected chi connectivity index (χ3v) is 4.67. The van der Waals surface area contributed by atoms with E-state index in [1.807, 2.05) is 0 Å². The zero-order valence-electron chi connectivity index (χ0n) is 13.8. The van der Waals surface area contributed by atoms with Crippen LogP contribution in [-0.4, -0.2) is 33.7 Å². The molecule has 5 nitrogen and oxygen atoms in total. The highest BCUT2D eigenvalue weighted by Crippen LogP contribution is 2.23. The molecule has 0 bridgehead atoms. The van der Waals surface area contributed by atoms with Crippen molar-refractivity contribution >= 4 is 27.3 Å². The molecule has 0 atom stereocenters. The number of para-hydroxylation sites is 1. The number of hydrogen-bond donors (Lipinski definition) is 0. The molecule has 8 heteroatoms. The minimum absolute atomic E-state index is 0.312. The van der Waals surface area contributed by atoms with Gasteiger partial charge in [0.2, 0.25) is 15.9 Å². The van der Waals surface area contributed by atoms with E-state index < -0.39 is 34.1 Å². The largest absolute Gasteiger partial charge is 0.311 e. The van der Waals surface area contributed by atoms with Gasteiger partial charge in [0.15, 0.2) is 0 Å². The monoisotopic (exact) mass is 368 g/mol. The highest BCUT2D eigenvalue weighted by atomic mass is 32.2. The van der Waals surface area contributed by atoms with Crippen LogP contribution in [0.5, 0.6) is 0 Å². The maximum absolute atomic E-state index is 14.0. The lowest BCUT2D eigenvalue weighted by Gasteiger charge is -2.27. The molecule has 2 rings (SSSR count). The summed E-state index contributed by atoms with van der Waals surface area (Å²) in [7, 11) is -3.95. The number of likely N-dealkylation sites (N-methyl/N-ethyl adjacent to an activating group) is 1. The highest BCUT2D eigenvalue weighted by Gasteiger charge is 2.26. The number of carbonyl (C=O) groups is 1. The third-order valence-electron chi connectivity index (χ3n) is 3.54. The maximum Gasteiger partial charge on any atom is 0.247 e. The van der Waals surface area contributed by atoms with E-state index in [0.717, 1.165) is 18.4 Å². The van der Waals surface area contributed by atoms with E-state index in [9.17, 15) is 22.0 Å². The number of carbonyl (C=O) groups excluding carboxylic acids is 1. The van der Waals surface area contributed by atoms with Crippen LogP contribution in [0.3, 0.4) is 0 Å². The van der Waals surface area contributed by atoms with Gasteiger partial charge in [0.1, 0.15) is 18.2 Å². The van der Waals surface area contributed by atoms with Gasteiger partial charge < -0.3 is 4.90 Å². The fraction of sp³-hybridized carbons (Fsp3) is 0.235. The number of anilines is 2. The number of hydrogen-bond acceptors (Lipinski definition) is 3. The fourth-order valence-electron chi connectivity index (χ4n) is 2.38. The van der Waals surface area contributed by atoms with Crippen molar-refractivity contribution in [2.24, 2.45) is 0 Å². The van der Waals surface area contributed by atoms with Gasteiger partial charge in [-0.25, -0.2) is 17.2 Å². The molecule has 25 heavy (non-hydrogen) atoms. The fourth-order valence-corrected chi connectivity index (χ4v) is 3.23. The summed E-state index contributed by atoms with van der Waals surface area (Å²) in [6.07, 6.45) is 0.863. The number of amides is 1. The lowest BCUT2D eigenvalue weighted by molar-refractivity contribution is -0.117. The zero-order valence-corrected chi connectivity index (χ0v) is 14.6. The topological polar surface area (TPSA) is 57.7 Å². The Labute approximate surface area is 145 Å². The molecule has 0 saturated carbocycles. The summed E-state index contributed by atoms with van der Waals surface area (Å²) in [6, 6.07) is 11.2. The number of sulfonamides is 1. The quantitative estimate of drug-likeness (QED) is 0.788. The van der Waals surface area contributed by atoms with E-state index in [1.54, 1.807) is 37.3 Å². The molecule has 0 aliphatic carbocycles. The normalized spacial score (nSPS) is 11.2. The maximum atomic E-state index is 14.0. The minimum Gasteiger partial charge on any atom is -0.311 e. The highest BCUT2D eigenvalue weighted by molar-refractivity contribution is 7.92. The van der Waals surface area contributed by atoms with E-state index in [-0.39, 0.29) is 5.69 Å². The molecule has 0 spiro atoms. The molecule has 0 N–H and O–H groups in total. The van der Waals surface area contributed by atoms with Crippen LogP contribution in [0.15, 0.2) is 48.5 Å². The first-order chi connectivity index (χ1) is 11.7. The van der Waals surface area contributed by atoms with Crippen molar-refractivity contribution in [2.45, 2.75) is 6.92 Å². The molecule has 0 saturated heterocycles. The van der Waals surface area contributed by atoms with E-state index in [4.69, 9.17) is 0 Å². The Morgan fingerprint density at radius 2 is 1.72 bits per heavy atom. The molecular formula is C17H18F2N2O3S. The SMILES string of the molecule is CCN(C(=O)CN(c1ccc(F)cc1F)S(C)(=O)=O)c1ccccc1. The lowest BCUT2D eigenvalue weighted by atomic mass is 10.2. The molecule has 0 aliphatic rings. The Morgan fingerprint density at radius 3 is 2.24 bits per heavy atom. The van der Waals surface area contributed by atoms with Crippen molar-refractivity contribution in [3.63, 3.8) is 0 Å². The average Bonchev–Trinajstić information content (AvgIpc) is 2.54. The summed E-state index contributed by atoms with van der Waals surface area (Å²) < 4.78 is 51.8. The van der Waals surface area contributed by atoms with Gasteiger partial charge in [-0.3, -0.25) is 9.10 Å². The van der Waals surface area contributed by atoms with Gasteiger partial charge in [-0.05, 0) is 31.2 Å². The van der Waals surface area contributed by atoms with Gasteiger partial charge in [0.25, 0.3) is 0 Å². The Bertz CT molecular complexity index is 857. The van der Waals surface area contributed by atoms with Crippen LogP contribution in [0.25, 0.3) is 0 Å². The predicted molar refractivity (Wildman–Crippen MR) is 93.0 cm³/mol. The molecule has 2 aromatic rings. The van der Waals surface area contributed by atoms with Crippen LogP contribution in [0.2, 0.25) is 0 Å². The van der Waals surface area contributed by atoms with E-state index in [2.05, 4.69) is 0 Å². The van der Waals surface area contributed by atoms with Crippen molar-refractivity contribution in [2.75, 3.05) is 28.6 Å². The summed E-state index contributed by atoms with van der Waals surface area (Å²) in [5, 5.41) is 0. The van der Waals surface area contributed by atoms with Gasteiger partial charge in [0, 0.05) is 18.3 Å². The van der Waals surface area contributed by atoms with Crippen molar-refractivity contribution in [1.82, 2.24) is 0 Å². The van der Waals surface area contributed by atoms with Gasteiger partial charge in [-0.2, -0.15) is 0 Å². The molecule has 0 unspecified atom stereocenters. The second-order valence-corrected chi connectivity index (χ2v) is 7.25. The van der Waals surface area contributed by atoms with Gasteiger partial charge >= 0.3 is 0 Å². The van der Waals surface area contributed by atoms with Crippen molar-refractivity contribution in [3.8, 4) is 0 Å². The molecule has 2 aromatic carbocycles. The standard InChI is InChI=1S/C17H18F2N2O3S/c1-3-20(14-7-5-4-6-8-14)17(22)12-21(25(2,23)24)16-10-9-13(18)11-15(16)19/h4-11H,3,12H2,1-2H3. The summed E-state index contributed by atoms with van der Waals surface area (Å²) >= 11 is 0. The zero-order chi connectivity index (χ0) is 18.6. The summed E-state index contributed by atoms with van der Waals surface area (Å²) in [5.74, 6) is -2.41. The molecule has 0 aliphatic heterocycles. The Morgan fingerprint density at radius 1 is 1.08 bits per heavy atom. The lowest BCUT2D eigenvalue weighted by Crippen LogP contribution is -2.43. The summed E-state index contributed by atoms with van der Waals surface area (Å²) in [6.45, 7) is 1.46. The third kappa shape index (κ3) is 4.54. The van der Waals surface area contributed by atoms with Crippen LogP contribution in [0.1, 0.15) is 6.92 Å². The molecule has 1 amide bonds. The second kappa shape index (κ2) is 7.60. The Hall–Kier alpha value is -2.48. The molecule has 134 valence electrons. The molecular weight excluding hydrogens is 350 g/mol. The second-order valence-electron chi connectivity index (χ2n) is 5.34. The van der Waals surface area contributed by atoms with Crippen LogP contribution < -0.4 is 9.21 Å². The predicted octanol–water partition coefficient (Wildman–Crippen LogP) is 2.78. The first-order valence-corrected chi connectivity index (χ1v) is 9.37. The number of halogens is 2. The Kier molecular flexibility index (Phi) is 5.73. The first kappa shape index (κ1) is 18.9. The van der Waals surface area contributed by atoms with Crippen LogP contribution >= 0.6 is 0 Å². The smallest absolute Gasteiger partial charge is 0.247 e. The van der Waals surface area contributed by atoms with E-state index in [1.165, 1.54) is 4.90 Å². The van der Waals surface area contributed by atoms with Crippen LogP contribution in [-0.2, 0) is 14.8 Å². The van der Waals surface area contributed by atoms with Gasteiger partial charge in [-0.1, -0.05) is 18.2 Å². The van der Waals surface area contributed by atoms with Crippen molar-refractivity contribution in [1.29, 1.82) is 0 Å². The van der Waals surface area contributed by atoms with Crippen LogP contribution in [0, 0.1) is 11.6 Å². The number of nitrogens with zero attached hydrogens (tertiary/aromatic N) is 2. The average molecular weight is 368 g/mol. The Balaban J connectivity index is 2.36. The molecule has 0 fully saturated rings. The van der Waals surface area contributed by atoms with Crippen molar-refractivity contribution < 1.29 is 22.0 Å². The minimum atomic E-state index is -3.95. The molecule has 0 radical (unpaired) electrons. The van der Waals surface area contributed by atoms with Gasteiger partial charge in [-0.15, -0.1) is 0 Å². The van der Waals surface area contributed by atoms with E-state index in [0.29, 0.717) is 22.6 Å². The van der Waals surface area contributed by atoms with E-state index >= 15 is 0 Å². The molecule has 0 aromatic heterocycles. The molecule has 0 heterocycles. The van der Waals surface area contributed by atoms with Crippen LogP contribution in [0.4, 0.5) is 20.2 Å². The first-order valence-electron chi connectivity index (χ1n) is 7.52.